The highest BCUT2D eigenvalue weighted by Crippen LogP contribution is 2.40. The summed E-state index contributed by atoms with van der Waals surface area (Å²) in [4.78, 5) is 52.9. The Kier molecular flexibility index (Phi) is 4.85. The summed E-state index contributed by atoms with van der Waals surface area (Å²) in [5.41, 5.74) is 4.66. The average molecular weight is 493 g/mol. The molecule has 37 heavy (non-hydrogen) atoms. The van der Waals surface area contributed by atoms with Crippen LogP contribution in [0.5, 0.6) is 0 Å². The van der Waals surface area contributed by atoms with Crippen LogP contribution in [0.2, 0.25) is 0 Å². The first-order valence-corrected chi connectivity index (χ1v) is 12.6. The SMILES string of the molecule is O=C1NC(=O)C(c2cnc3ccccn23)=C1C1=NC=CN2c3c(cccc31)CC2C(=O)N1CCCCC1. The van der Waals surface area contributed by atoms with Crippen molar-refractivity contribution in [2.75, 3.05) is 18.0 Å². The van der Waals surface area contributed by atoms with Gasteiger partial charge >= 0.3 is 0 Å². The van der Waals surface area contributed by atoms with Gasteiger partial charge in [0.2, 0.25) is 5.91 Å². The lowest BCUT2D eigenvalue weighted by Gasteiger charge is -2.32. The average Bonchev–Trinajstić information content (AvgIpc) is 3.55. The summed E-state index contributed by atoms with van der Waals surface area (Å²) in [6.45, 7) is 1.57. The number of aromatic nitrogens is 2. The fraction of sp³-hybridized carbons (Fsp3) is 0.250. The first-order valence-electron chi connectivity index (χ1n) is 12.6. The number of anilines is 1. The van der Waals surface area contributed by atoms with Gasteiger partial charge in [-0.05, 0) is 37.0 Å². The highest BCUT2D eigenvalue weighted by molar-refractivity contribution is 6.47. The van der Waals surface area contributed by atoms with Crippen LogP contribution < -0.4 is 10.2 Å². The van der Waals surface area contributed by atoms with Crippen molar-refractivity contribution < 1.29 is 14.4 Å². The number of rotatable bonds is 3. The highest BCUT2D eigenvalue weighted by Gasteiger charge is 2.42. The number of fused-ring (bicyclic) bond motifs is 1. The smallest absolute Gasteiger partial charge is 0.261 e. The maximum atomic E-state index is 13.5. The molecule has 1 N–H and O–H groups in total. The van der Waals surface area contributed by atoms with E-state index in [9.17, 15) is 14.4 Å². The van der Waals surface area contributed by atoms with Crippen LogP contribution in [0.25, 0.3) is 11.2 Å². The van der Waals surface area contributed by atoms with E-state index in [1.54, 1.807) is 16.8 Å². The third-order valence-electron chi connectivity index (χ3n) is 7.61. The van der Waals surface area contributed by atoms with Gasteiger partial charge in [-0.1, -0.05) is 24.3 Å². The second kappa shape index (κ2) is 8.26. The molecular formula is C28H24N6O3. The van der Waals surface area contributed by atoms with Gasteiger partial charge in [-0.3, -0.25) is 29.1 Å². The van der Waals surface area contributed by atoms with Crippen molar-refractivity contribution in [3.05, 3.63) is 83.6 Å². The molecule has 0 radical (unpaired) electrons. The predicted molar refractivity (Wildman–Crippen MR) is 138 cm³/mol. The third-order valence-corrected chi connectivity index (χ3v) is 7.61. The second-order valence-corrected chi connectivity index (χ2v) is 9.71. The minimum absolute atomic E-state index is 0.120. The lowest BCUT2D eigenvalue weighted by atomic mass is 9.94. The molecule has 184 valence electrons. The minimum Gasteiger partial charge on any atom is -0.341 e. The predicted octanol–water partition coefficient (Wildman–Crippen LogP) is 2.46. The van der Waals surface area contributed by atoms with Crippen molar-refractivity contribution in [3.63, 3.8) is 0 Å². The van der Waals surface area contributed by atoms with Crippen molar-refractivity contribution >= 4 is 40.3 Å². The molecule has 1 unspecified atom stereocenters. The lowest BCUT2D eigenvalue weighted by Crippen LogP contribution is -2.47. The lowest BCUT2D eigenvalue weighted by molar-refractivity contribution is -0.133. The highest BCUT2D eigenvalue weighted by atomic mass is 16.2. The minimum atomic E-state index is -0.497. The molecule has 3 aromatic rings. The summed E-state index contributed by atoms with van der Waals surface area (Å²) in [6.07, 6.45) is 10.7. The molecule has 4 aliphatic heterocycles. The summed E-state index contributed by atoms with van der Waals surface area (Å²) >= 11 is 0. The standard InChI is InChI=1S/C28H24N6O3/c35-26-22(20-16-30-21-9-2-5-13-33(20)21)23(27(36)31-26)24-18-8-6-7-17-15-19(34(25(17)18)14-10-29-24)28(37)32-11-3-1-4-12-32/h2,5-10,13-14,16,19H,1,3-4,11-12,15H2,(H,31,35,36). The van der Waals surface area contributed by atoms with E-state index in [2.05, 4.69) is 15.3 Å². The Bertz CT molecular complexity index is 1590. The van der Waals surface area contributed by atoms with E-state index in [4.69, 9.17) is 0 Å². The first kappa shape index (κ1) is 21.7. The number of imide groups is 1. The summed E-state index contributed by atoms with van der Waals surface area (Å²) in [5, 5.41) is 2.46. The van der Waals surface area contributed by atoms with Crippen molar-refractivity contribution in [2.45, 2.75) is 31.7 Å². The maximum absolute atomic E-state index is 13.5. The molecule has 7 rings (SSSR count). The maximum Gasteiger partial charge on any atom is 0.261 e. The molecule has 0 spiro atoms. The zero-order valence-corrected chi connectivity index (χ0v) is 20.1. The van der Waals surface area contributed by atoms with E-state index in [1.807, 2.05) is 58.6 Å². The van der Waals surface area contributed by atoms with Crippen LogP contribution in [-0.2, 0) is 20.8 Å². The number of para-hydroxylation sites is 1. The van der Waals surface area contributed by atoms with Gasteiger partial charge in [0, 0.05) is 43.7 Å². The van der Waals surface area contributed by atoms with Gasteiger partial charge in [0.05, 0.1) is 34.4 Å². The van der Waals surface area contributed by atoms with Gasteiger partial charge in [0.25, 0.3) is 11.8 Å². The quantitative estimate of drug-likeness (QED) is 0.567. The van der Waals surface area contributed by atoms with Crippen LogP contribution in [0.3, 0.4) is 0 Å². The van der Waals surface area contributed by atoms with Crippen molar-refractivity contribution in [1.82, 2.24) is 19.6 Å². The Hall–Kier alpha value is -4.53. The molecule has 1 atom stereocenters. The van der Waals surface area contributed by atoms with Crippen molar-refractivity contribution in [1.29, 1.82) is 0 Å². The largest absolute Gasteiger partial charge is 0.341 e. The number of likely N-dealkylation sites (tertiary alicyclic amines) is 1. The summed E-state index contributed by atoms with van der Waals surface area (Å²) in [6, 6.07) is 11.0. The van der Waals surface area contributed by atoms with Gasteiger partial charge in [-0.2, -0.15) is 0 Å². The number of benzene rings is 1. The topological polar surface area (TPSA) is 99.4 Å². The van der Waals surface area contributed by atoms with E-state index in [0.29, 0.717) is 23.5 Å². The zero-order chi connectivity index (χ0) is 25.1. The van der Waals surface area contributed by atoms with Gasteiger partial charge in [-0.15, -0.1) is 0 Å². The molecule has 1 saturated heterocycles. The Morgan fingerprint density at radius 1 is 0.973 bits per heavy atom. The van der Waals surface area contributed by atoms with Gasteiger partial charge < -0.3 is 9.80 Å². The molecule has 1 fully saturated rings. The number of aliphatic imine (C=N–C) groups is 1. The number of amides is 3. The summed E-state index contributed by atoms with van der Waals surface area (Å²) in [7, 11) is 0. The summed E-state index contributed by atoms with van der Waals surface area (Å²) < 4.78 is 1.79. The molecule has 0 bridgehead atoms. The van der Waals surface area contributed by atoms with Crippen LogP contribution in [0.4, 0.5) is 5.69 Å². The number of pyridine rings is 1. The molecule has 9 heteroatoms. The van der Waals surface area contributed by atoms with E-state index >= 15 is 0 Å². The molecule has 9 nitrogen and oxygen atoms in total. The van der Waals surface area contributed by atoms with Crippen LogP contribution >= 0.6 is 0 Å². The summed E-state index contributed by atoms with van der Waals surface area (Å²) in [5.74, 6) is -0.860. The van der Waals surface area contributed by atoms with Gasteiger partial charge in [0.15, 0.2) is 0 Å². The molecular weight excluding hydrogens is 468 g/mol. The van der Waals surface area contributed by atoms with Crippen LogP contribution in [0.1, 0.15) is 36.1 Å². The molecule has 3 amide bonds. The second-order valence-electron chi connectivity index (χ2n) is 9.71. The number of nitrogens with one attached hydrogen (secondary N) is 1. The van der Waals surface area contributed by atoms with Crippen LogP contribution in [-0.4, -0.2) is 56.8 Å². The fourth-order valence-electron chi connectivity index (χ4n) is 5.92. The molecule has 6 heterocycles. The normalized spacial score (nSPS) is 20.9. The van der Waals surface area contributed by atoms with Gasteiger partial charge in [0.1, 0.15) is 11.7 Å². The number of carbonyl (C=O) groups excluding carboxylic acids is 3. The monoisotopic (exact) mass is 492 g/mol. The van der Waals surface area contributed by atoms with Crippen LogP contribution in [0.15, 0.2) is 71.8 Å². The van der Waals surface area contributed by atoms with Crippen LogP contribution in [0, 0.1) is 0 Å². The molecule has 1 aromatic carbocycles. The number of nitrogens with zero attached hydrogens (tertiary/aromatic N) is 5. The molecule has 4 aliphatic rings. The van der Waals surface area contributed by atoms with E-state index in [0.717, 1.165) is 49.2 Å². The number of imidazole rings is 1. The van der Waals surface area contributed by atoms with Crippen molar-refractivity contribution in [3.8, 4) is 0 Å². The number of carbonyl (C=O) groups is 3. The van der Waals surface area contributed by atoms with E-state index < -0.39 is 11.8 Å². The Morgan fingerprint density at radius 3 is 2.68 bits per heavy atom. The fourth-order valence-corrected chi connectivity index (χ4v) is 5.92. The zero-order valence-electron chi connectivity index (χ0n) is 20.1. The molecule has 0 saturated carbocycles. The Labute approximate surface area is 212 Å². The first-order chi connectivity index (χ1) is 18.1. The molecule has 2 aromatic heterocycles. The van der Waals surface area contributed by atoms with E-state index in [-0.39, 0.29) is 23.1 Å². The van der Waals surface area contributed by atoms with E-state index in [1.165, 1.54) is 0 Å². The molecule has 0 aliphatic carbocycles. The van der Waals surface area contributed by atoms with Crippen molar-refractivity contribution in [2.24, 2.45) is 4.99 Å². The number of hydrogen-bond acceptors (Lipinski definition) is 6. The number of hydrogen-bond donors (Lipinski definition) is 1. The third kappa shape index (κ3) is 3.27. The Morgan fingerprint density at radius 2 is 1.81 bits per heavy atom. The van der Waals surface area contributed by atoms with Gasteiger partial charge in [-0.25, -0.2) is 4.98 Å². The Balaban J connectivity index is 1.35. The number of piperidine rings is 1.